The molecule has 24 heavy (non-hydrogen) atoms. The standard InChI is InChI=1S/C17H18N2O4S/c1-3-10-18-24(22,23)14-7-5-13(6-8-14)17(21)19-15-9-4-12(2)11-16(15)20/h3-9,11,18,20H,1,10H2,2H3,(H,19,21). The van der Waals surface area contributed by atoms with Crippen LogP contribution >= 0.6 is 0 Å². The summed E-state index contributed by atoms with van der Waals surface area (Å²) in [5.41, 5.74) is 1.43. The lowest BCUT2D eigenvalue weighted by Gasteiger charge is -2.09. The summed E-state index contributed by atoms with van der Waals surface area (Å²) in [6, 6.07) is 10.4. The fourth-order valence-electron chi connectivity index (χ4n) is 1.98. The molecule has 7 heteroatoms. The van der Waals surface area contributed by atoms with Gasteiger partial charge >= 0.3 is 0 Å². The number of aromatic hydroxyl groups is 1. The maximum absolute atomic E-state index is 12.2. The second kappa shape index (κ2) is 7.29. The van der Waals surface area contributed by atoms with E-state index >= 15 is 0 Å². The van der Waals surface area contributed by atoms with Crippen LogP contribution in [0.5, 0.6) is 5.75 Å². The van der Waals surface area contributed by atoms with Crippen LogP contribution in [0.3, 0.4) is 0 Å². The van der Waals surface area contributed by atoms with Gasteiger partial charge in [0.25, 0.3) is 5.91 Å². The van der Waals surface area contributed by atoms with Crippen molar-refractivity contribution < 1.29 is 18.3 Å². The largest absolute Gasteiger partial charge is 0.506 e. The summed E-state index contributed by atoms with van der Waals surface area (Å²) in [4.78, 5) is 12.2. The number of sulfonamides is 1. The van der Waals surface area contributed by atoms with E-state index in [1.807, 2.05) is 6.92 Å². The van der Waals surface area contributed by atoms with Crippen molar-refractivity contribution in [3.63, 3.8) is 0 Å². The molecule has 0 aliphatic carbocycles. The summed E-state index contributed by atoms with van der Waals surface area (Å²) in [6.45, 7) is 5.39. The molecule has 0 aliphatic rings. The van der Waals surface area contributed by atoms with Crippen molar-refractivity contribution in [2.45, 2.75) is 11.8 Å². The highest BCUT2D eigenvalue weighted by molar-refractivity contribution is 7.89. The van der Waals surface area contributed by atoms with E-state index in [2.05, 4.69) is 16.6 Å². The topological polar surface area (TPSA) is 95.5 Å². The Hall–Kier alpha value is -2.64. The third-order valence-electron chi connectivity index (χ3n) is 3.25. The van der Waals surface area contributed by atoms with Gasteiger partial charge < -0.3 is 10.4 Å². The van der Waals surface area contributed by atoms with Gasteiger partial charge in [0.15, 0.2) is 0 Å². The second-order valence-electron chi connectivity index (χ2n) is 5.14. The third kappa shape index (κ3) is 4.21. The molecule has 3 N–H and O–H groups in total. The zero-order chi connectivity index (χ0) is 17.7. The molecule has 0 radical (unpaired) electrons. The Morgan fingerprint density at radius 3 is 2.46 bits per heavy atom. The van der Waals surface area contributed by atoms with Gasteiger partial charge in [-0.05, 0) is 48.9 Å². The summed E-state index contributed by atoms with van der Waals surface area (Å²) in [6.07, 6.45) is 1.44. The summed E-state index contributed by atoms with van der Waals surface area (Å²) in [7, 11) is -3.63. The van der Waals surface area contributed by atoms with Gasteiger partial charge in [0, 0.05) is 12.1 Å². The minimum Gasteiger partial charge on any atom is -0.506 e. The van der Waals surface area contributed by atoms with Gasteiger partial charge in [-0.1, -0.05) is 12.1 Å². The van der Waals surface area contributed by atoms with Gasteiger partial charge in [-0.3, -0.25) is 4.79 Å². The summed E-state index contributed by atoms with van der Waals surface area (Å²) < 4.78 is 26.2. The van der Waals surface area contributed by atoms with Gasteiger partial charge in [-0.25, -0.2) is 13.1 Å². The molecule has 0 saturated carbocycles. The normalized spacial score (nSPS) is 11.0. The van der Waals surface area contributed by atoms with E-state index in [1.54, 1.807) is 12.1 Å². The van der Waals surface area contributed by atoms with Crippen LogP contribution in [0.2, 0.25) is 0 Å². The lowest BCUT2D eigenvalue weighted by molar-refractivity contribution is 0.102. The lowest BCUT2D eigenvalue weighted by atomic mass is 10.2. The minimum absolute atomic E-state index is 0.0313. The molecule has 2 aromatic carbocycles. The Morgan fingerprint density at radius 2 is 1.88 bits per heavy atom. The Morgan fingerprint density at radius 1 is 1.21 bits per heavy atom. The number of hydrogen-bond acceptors (Lipinski definition) is 4. The SMILES string of the molecule is C=CCNS(=O)(=O)c1ccc(C(=O)Nc2ccc(C)cc2O)cc1. The monoisotopic (exact) mass is 346 g/mol. The second-order valence-corrected chi connectivity index (χ2v) is 6.91. The summed E-state index contributed by atoms with van der Waals surface area (Å²) in [5.74, 6) is -0.478. The van der Waals surface area contributed by atoms with Gasteiger partial charge in [0.2, 0.25) is 10.0 Å². The number of aryl methyl sites for hydroxylation is 1. The molecule has 0 heterocycles. The van der Waals surface area contributed by atoms with Crippen molar-refractivity contribution in [1.29, 1.82) is 0 Å². The van der Waals surface area contributed by atoms with Crippen molar-refractivity contribution in [3.05, 3.63) is 66.2 Å². The molecule has 6 nitrogen and oxygen atoms in total. The first-order valence-corrected chi connectivity index (χ1v) is 8.63. The Bertz CT molecular complexity index is 859. The maximum atomic E-state index is 12.2. The van der Waals surface area contributed by atoms with Crippen LogP contribution in [-0.4, -0.2) is 26.0 Å². The maximum Gasteiger partial charge on any atom is 0.255 e. The third-order valence-corrected chi connectivity index (χ3v) is 4.69. The van der Waals surface area contributed by atoms with Crippen molar-refractivity contribution in [2.75, 3.05) is 11.9 Å². The van der Waals surface area contributed by atoms with E-state index in [0.29, 0.717) is 0 Å². The highest BCUT2D eigenvalue weighted by Crippen LogP contribution is 2.24. The van der Waals surface area contributed by atoms with Crippen LogP contribution in [-0.2, 0) is 10.0 Å². The molecular formula is C17H18N2O4S. The van der Waals surface area contributed by atoms with Crippen LogP contribution in [0.1, 0.15) is 15.9 Å². The number of amides is 1. The highest BCUT2D eigenvalue weighted by atomic mass is 32.2. The first-order chi connectivity index (χ1) is 11.3. The summed E-state index contributed by atoms with van der Waals surface area (Å²) >= 11 is 0. The number of phenolic OH excluding ortho intramolecular Hbond substituents is 1. The molecule has 126 valence electrons. The van der Waals surface area contributed by atoms with Crippen LogP contribution in [0.25, 0.3) is 0 Å². The molecule has 2 aromatic rings. The first kappa shape index (κ1) is 17.7. The Labute approximate surface area is 140 Å². The molecule has 0 fully saturated rings. The highest BCUT2D eigenvalue weighted by Gasteiger charge is 2.14. The molecule has 0 spiro atoms. The average Bonchev–Trinajstić information content (AvgIpc) is 2.55. The predicted octanol–water partition coefficient (Wildman–Crippen LogP) is 2.42. The van der Waals surface area contributed by atoms with Crippen LogP contribution < -0.4 is 10.0 Å². The van der Waals surface area contributed by atoms with E-state index in [1.165, 1.54) is 36.4 Å². The number of carbonyl (C=O) groups is 1. The van der Waals surface area contributed by atoms with E-state index < -0.39 is 15.9 Å². The fraction of sp³-hybridized carbons (Fsp3) is 0.118. The van der Waals surface area contributed by atoms with E-state index in [4.69, 9.17) is 0 Å². The summed E-state index contributed by atoms with van der Waals surface area (Å²) in [5, 5.41) is 12.4. The number of anilines is 1. The molecule has 0 bridgehead atoms. The number of benzene rings is 2. The smallest absolute Gasteiger partial charge is 0.255 e. The number of carbonyl (C=O) groups excluding carboxylic acids is 1. The number of hydrogen-bond donors (Lipinski definition) is 3. The molecule has 0 unspecified atom stereocenters. The zero-order valence-corrected chi connectivity index (χ0v) is 13.9. The van der Waals surface area contributed by atoms with E-state index in [9.17, 15) is 18.3 Å². The molecule has 0 aliphatic heterocycles. The van der Waals surface area contributed by atoms with Crippen LogP contribution in [0, 0.1) is 6.92 Å². The molecule has 0 saturated heterocycles. The quantitative estimate of drug-likeness (QED) is 0.553. The molecule has 1 amide bonds. The zero-order valence-electron chi connectivity index (χ0n) is 13.1. The fourth-order valence-corrected chi connectivity index (χ4v) is 2.98. The average molecular weight is 346 g/mol. The number of nitrogens with one attached hydrogen (secondary N) is 2. The van der Waals surface area contributed by atoms with Crippen molar-refractivity contribution >= 4 is 21.6 Å². The van der Waals surface area contributed by atoms with Gasteiger partial charge in [0.05, 0.1) is 10.6 Å². The lowest BCUT2D eigenvalue weighted by Crippen LogP contribution is -2.23. The van der Waals surface area contributed by atoms with Crippen LogP contribution in [0.15, 0.2) is 60.0 Å². The molecular weight excluding hydrogens is 328 g/mol. The van der Waals surface area contributed by atoms with Gasteiger partial charge in [-0.2, -0.15) is 0 Å². The molecule has 0 aromatic heterocycles. The Balaban J connectivity index is 2.15. The van der Waals surface area contributed by atoms with Gasteiger partial charge in [-0.15, -0.1) is 6.58 Å². The first-order valence-electron chi connectivity index (χ1n) is 7.15. The van der Waals surface area contributed by atoms with E-state index in [-0.39, 0.29) is 28.4 Å². The molecule has 0 atom stereocenters. The van der Waals surface area contributed by atoms with Crippen molar-refractivity contribution in [3.8, 4) is 5.75 Å². The molecule has 2 rings (SSSR count). The van der Waals surface area contributed by atoms with Crippen molar-refractivity contribution in [1.82, 2.24) is 4.72 Å². The van der Waals surface area contributed by atoms with Crippen molar-refractivity contribution in [2.24, 2.45) is 0 Å². The van der Waals surface area contributed by atoms with Gasteiger partial charge in [0.1, 0.15) is 5.75 Å². The van der Waals surface area contributed by atoms with Crippen LogP contribution in [0.4, 0.5) is 5.69 Å². The number of rotatable bonds is 6. The minimum atomic E-state index is -3.63. The predicted molar refractivity (Wildman–Crippen MR) is 92.6 cm³/mol. The Kier molecular flexibility index (Phi) is 5.38. The van der Waals surface area contributed by atoms with E-state index in [0.717, 1.165) is 5.56 Å². The number of phenols is 1.